The van der Waals surface area contributed by atoms with Crippen molar-refractivity contribution in [2.45, 2.75) is 26.7 Å². The normalized spacial score (nSPS) is 18.0. The lowest BCUT2D eigenvalue weighted by molar-refractivity contribution is 0.112. The zero-order valence-corrected chi connectivity index (χ0v) is 10.1. The van der Waals surface area contributed by atoms with Gasteiger partial charge in [-0.3, -0.25) is 4.79 Å². The maximum absolute atomic E-state index is 10.6. The minimum absolute atomic E-state index is 0.531. The van der Waals surface area contributed by atoms with Crippen molar-refractivity contribution in [1.29, 1.82) is 0 Å². The average molecular weight is 217 g/mol. The van der Waals surface area contributed by atoms with Crippen LogP contribution in [0, 0.1) is 5.41 Å². The minimum atomic E-state index is 0.531. The smallest absolute Gasteiger partial charge is 0.150 e. The zero-order valence-electron chi connectivity index (χ0n) is 10.1. The highest BCUT2D eigenvalue weighted by molar-refractivity contribution is 5.75. The molecule has 1 aliphatic heterocycles. The Kier molecular flexibility index (Phi) is 2.99. The van der Waals surface area contributed by atoms with Crippen LogP contribution >= 0.6 is 0 Å². The topological polar surface area (TPSA) is 20.3 Å². The summed E-state index contributed by atoms with van der Waals surface area (Å²) >= 11 is 0. The van der Waals surface area contributed by atoms with Gasteiger partial charge >= 0.3 is 0 Å². The summed E-state index contributed by atoms with van der Waals surface area (Å²) in [7, 11) is 0. The Morgan fingerprint density at radius 3 is 2.19 bits per heavy atom. The first kappa shape index (κ1) is 11.2. The van der Waals surface area contributed by atoms with E-state index in [1.165, 1.54) is 18.5 Å². The molecule has 0 unspecified atom stereocenters. The molecule has 0 amide bonds. The van der Waals surface area contributed by atoms with Crippen LogP contribution in [0.15, 0.2) is 24.3 Å². The van der Waals surface area contributed by atoms with Crippen LogP contribution in [0.2, 0.25) is 0 Å². The van der Waals surface area contributed by atoms with E-state index in [9.17, 15) is 4.79 Å². The number of anilines is 1. The molecule has 0 radical (unpaired) electrons. The molecule has 2 nitrogen and oxygen atoms in total. The van der Waals surface area contributed by atoms with Crippen LogP contribution in [-0.4, -0.2) is 19.4 Å². The van der Waals surface area contributed by atoms with E-state index in [0.717, 1.165) is 24.9 Å². The van der Waals surface area contributed by atoms with Gasteiger partial charge in [-0.25, -0.2) is 0 Å². The van der Waals surface area contributed by atoms with Crippen LogP contribution in [-0.2, 0) is 0 Å². The number of hydrogen-bond donors (Lipinski definition) is 0. The Morgan fingerprint density at radius 1 is 1.19 bits per heavy atom. The third-order valence-electron chi connectivity index (χ3n) is 3.95. The molecule has 1 aromatic carbocycles. The van der Waals surface area contributed by atoms with Gasteiger partial charge in [-0.2, -0.15) is 0 Å². The summed E-state index contributed by atoms with van der Waals surface area (Å²) in [4.78, 5) is 12.9. The highest BCUT2D eigenvalue weighted by atomic mass is 16.1. The molecular weight excluding hydrogens is 198 g/mol. The Labute approximate surface area is 97.3 Å². The quantitative estimate of drug-likeness (QED) is 0.722. The van der Waals surface area contributed by atoms with Gasteiger partial charge in [0, 0.05) is 29.8 Å². The van der Waals surface area contributed by atoms with Gasteiger partial charge in [0.15, 0.2) is 0 Å². The first-order valence-electron chi connectivity index (χ1n) is 6.03. The van der Waals surface area contributed by atoms with Gasteiger partial charge in [0.25, 0.3) is 0 Å². The fourth-order valence-corrected chi connectivity index (χ4v) is 2.41. The van der Waals surface area contributed by atoms with Gasteiger partial charge < -0.3 is 4.90 Å². The van der Waals surface area contributed by atoms with Crippen molar-refractivity contribution in [2.24, 2.45) is 5.41 Å². The molecule has 0 bridgehead atoms. The minimum Gasteiger partial charge on any atom is -0.370 e. The zero-order chi connectivity index (χ0) is 11.6. The maximum Gasteiger partial charge on any atom is 0.150 e. The highest BCUT2D eigenvalue weighted by Gasteiger charge is 2.39. The fraction of sp³-hybridized carbons (Fsp3) is 0.500. The van der Waals surface area contributed by atoms with Crippen molar-refractivity contribution >= 4 is 12.0 Å². The Bertz CT molecular complexity index is 357. The maximum atomic E-state index is 10.6. The van der Waals surface area contributed by atoms with Gasteiger partial charge in [0.2, 0.25) is 0 Å². The second kappa shape index (κ2) is 4.28. The third kappa shape index (κ3) is 1.84. The van der Waals surface area contributed by atoms with E-state index in [4.69, 9.17) is 0 Å². The summed E-state index contributed by atoms with van der Waals surface area (Å²) in [5.74, 6) is 0. The molecule has 0 aliphatic carbocycles. The Morgan fingerprint density at radius 2 is 1.75 bits per heavy atom. The van der Waals surface area contributed by atoms with Gasteiger partial charge in [-0.15, -0.1) is 0 Å². The van der Waals surface area contributed by atoms with Crippen molar-refractivity contribution in [1.82, 2.24) is 0 Å². The van der Waals surface area contributed by atoms with E-state index < -0.39 is 0 Å². The summed E-state index contributed by atoms with van der Waals surface area (Å²) in [6.45, 7) is 6.85. The first-order chi connectivity index (χ1) is 7.73. The Balaban J connectivity index is 2.03. The van der Waals surface area contributed by atoms with E-state index >= 15 is 0 Å². The number of carbonyl (C=O) groups is 1. The second-order valence-corrected chi connectivity index (χ2v) is 4.77. The van der Waals surface area contributed by atoms with Crippen LogP contribution in [0.1, 0.15) is 37.0 Å². The number of benzene rings is 1. The summed E-state index contributed by atoms with van der Waals surface area (Å²) < 4.78 is 0. The number of aldehydes is 1. The lowest BCUT2D eigenvalue weighted by atomic mass is 9.75. The van der Waals surface area contributed by atoms with Gasteiger partial charge in [0.05, 0.1) is 0 Å². The van der Waals surface area contributed by atoms with Crippen LogP contribution in [0.5, 0.6) is 0 Å². The second-order valence-electron chi connectivity index (χ2n) is 4.77. The van der Waals surface area contributed by atoms with Crippen molar-refractivity contribution < 1.29 is 4.79 Å². The van der Waals surface area contributed by atoms with Crippen LogP contribution < -0.4 is 4.90 Å². The van der Waals surface area contributed by atoms with E-state index in [2.05, 4.69) is 18.7 Å². The first-order valence-corrected chi connectivity index (χ1v) is 6.03. The SMILES string of the molecule is CCC1(CC)CN(c2ccc(C=O)cc2)C1. The number of nitrogens with zero attached hydrogens (tertiary/aromatic N) is 1. The average Bonchev–Trinajstić information content (AvgIpc) is 2.30. The molecule has 0 N–H and O–H groups in total. The molecule has 1 aliphatic rings. The molecule has 86 valence electrons. The number of hydrogen-bond acceptors (Lipinski definition) is 2. The van der Waals surface area contributed by atoms with Gasteiger partial charge in [-0.1, -0.05) is 13.8 Å². The van der Waals surface area contributed by atoms with E-state index in [-0.39, 0.29) is 0 Å². The molecule has 0 spiro atoms. The number of rotatable bonds is 4. The highest BCUT2D eigenvalue weighted by Crippen LogP contribution is 2.39. The van der Waals surface area contributed by atoms with E-state index in [1.807, 2.05) is 24.3 Å². The summed E-state index contributed by atoms with van der Waals surface area (Å²) in [6.07, 6.45) is 3.40. The van der Waals surface area contributed by atoms with Crippen molar-refractivity contribution in [3.63, 3.8) is 0 Å². The standard InChI is InChI=1S/C14H19NO/c1-3-14(4-2)10-15(11-14)13-7-5-12(9-16)6-8-13/h5-9H,3-4,10-11H2,1-2H3. The lowest BCUT2D eigenvalue weighted by Gasteiger charge is -2.51. The van der Waals surface area contributed by atoms with E-state index in [1.54, 1.807) is 0 Å². The largest absolute Gasteiger partial charge is 0.370 e. The van der Waals surface area contributed by atoms with Crippen LogP contribution in [0.25, 0.3) is 0 Å². The van der Waals surface area contributed by atoms with Gasteiger partial charge in [-0.05, 0) is 37.1 Å². The van der Waals surface area contributed by atoms with E-state index in [0.29, 0.717) is 5.41 Å². The molecule has 0 aromatic heterocycles. The fourth-order valence-electron chi connectivity index (χ4n) is 2.41. The lowest BCUT2D eigenvalue weighted by Crippen LogP contribution is -2.55. The summed E-state index contributed by atoms with van der Waals surface area (Å²) in [6, 6.07) is 7.86. The van der Waals surface area contributed by atoms with Crippen molar-refractivity contribution in [3.05, 3.63) is 29.8 Å². The molecule has 2 heteroatoms. The molecule has 1 saturated heterocycles. The molecule has 0 atom stereocenters. The molecule has 0 saturated carbocycles. The molecule has 16 heavy (non-hydrogen) atoms. The third-order valence-corrected chi connectivity index (χ3v) is 3.95. The van der Waals surface area contributed by atoms with Gasteiger partial charge in [0.1, 0.15) is 6.29 Å². The van der Waals surface area contributed by atoms with Crippen molar-refractivity contribution in [3.8, 4) is 0 Å². The van der Waals surface area contributed by atoms with Crippen molar-refractivity contribution in [2.75, 3.05) is 18.0 Å². The molecule has 1 fully saturated rings. The molecule has 1 heterocycles. The monoisotopic (exact) mass is 217 g/mol. The predicted molar refractivity (Wildman–Crippen MR) is 67.1 cm³/mol. The molecular formula is C14H19NO. The predicted octanol–water partition coefficient (Wildman–Crippen LogP) is 3.13. The van der Waals surface area contributed by atoms with Crippen LogP contribution in [0.4, 0.5) is 5.69 Å². The van der Waals surface area contributed by atoms with Crippen LogP contribution in [0.3, 0.4) is 0 Å². The summed E-state index contributed by atoms with van der Waals surface area (Å²) in [5, 5.41) is 0. The summed E-state index contributed by atoms with van der Waals surface area (Å²) in [5.41, 5.74) is 2.52. The Hall–Kier alpha value is -1.31. The number of carbonyl (C=O) groups excluding carboxylic acids is 1. The molecule has 2 rings (SSSR count). The molecule has 1 aromatic rings.